The Kier molecular flexibility index (Phi) is 14.0. The molecule has 15 heteroatoms. The van der Waals surface area contributed by atoms with Crippen LogP contribution >= 0.6 is 34.7 Å². The molecule has 8 rings (SSSR count). The van der Waals surface area contributed by atoms with Crippen LogP contribution < -0.4 is 10.6 Å². The second-order valence-corrected chi connectivity index (χ2v) is 18.6. The monoisotopic (exact) mass is 939 g/mol. The van der Waals surface area contributed by atoms with Crippen molar-refractivity contribution in [3.63, 3.8) is 0 Å². The predicted octanol–water partition coefficient (Wildman–Crippen LogP) is 8.84. The van der Waals surface area contributed by atoms with Crippen LogP contribution in [0.25, 0.3) is 0 Å². The van der Waals surface area contributed by atoms with Gasteiger partial charge in [0.15, 0.2) is 16.9 Å². The molecule has 0 saturated carbocycles. The lowest BCUT2D eigenvalue weighted by molar-refractivity contribution is -0.160. The third-order valence-electron chi connectivity index (χ3n) is 10.8. The van der Waals surface area contributed by atoms with Crippen molar-refractivity contribution in [2.24, 2.45) is 5.16 Å². The molecule has 2 aliphatic heterocycles. The molecule has 0 radical (unpaired) electrons. The second-order valence-electron chi connectivity index (χ2n) is 16.4. The van der Waals surface area contributed by atoms with Crippen LogP contribution in [0.3, 0.4) is 0 Å². The number of amides is 2. The molecule has 66 heavy (non-hydrogen) atoms. The van der Waals surface area contributed by atoms with Crippen molar-refractivity contribution in [1.29, 1.82) is 0 Å². The van der Waals surface area contributed by atoms with Crippen molar-refractivity contribution in [1.82, 2.24) is 15.2 Å². The predicted molar refractivity (Wildman–Crippen MR) is 257 cm³/mol. The summed E-state index contributed by atoms with van der Waals surface area (Å²) in [7, 11) is 0. The van der Waals surface area contributed by atoms with Gasteiger partial charge in [0.2, 0.25) is 6.61 Å². The Morgan fingerprint density at radius 1 is 0.803 bits per heavy atom. The normalized spacial score (nSPS) is 16.2. The Morgan fingerprint density at radius 2 is 1.32 bits per heavy atom. The first-order valence-corrected chi connectivity index (χ1v) is 23.6. The van der Waals surface area contributed by atoms with Crippen LogP contribution in [0.15, 0.2) is 173 Å². The quantitative estimate of drug-likeness (QED) is 0.0241. The van der Waals surface area contributed by atoms with Gasteiger partial charge in [0.25, 0.3) is 11.8 Å². The number of esters is 2. The van der Waals surface area contributed by atoms with Gasteiger partial charge in [0, 0.05) is 17.0 Å². The van der Waals surface area contributed by atoms with Gasteiger partial charge < -0.3 is 24.9 Å². The summed E-state index contributed by atoms with van der Waals surface area (Å²) in [5, 5.41) is 12.1. The van der Waals surface area contributed by atoms with Gasteiger partial charge in [0.05, 0.1) is 0 Å². The number of ether oxygens (including phenoxy) is 2. The number of fused-ring (bicyclic) bond motifs is 1. The average Bonchev–Trinajstić information content (AvgIpc) is 3.81. The summed E-state index contributed by atoms with van der Waals surface area (Å²) in [4.78, 5) is 67.1. The van der Waals surface area contributed by atoms with E-state index < -0.39 is 59.0 Å². The van der Waals surface area contributed by atoms with Crippen LogP contribution in [0.4, 0.5) is 5.13 Å². The van der Waals surface area contributed by atoms with Crippen LogP contribution in [0.2, 0.25) is 0 Å². The number of β-lactam (4-membered cyclic amide) rings is 1. The molecule has 3 heterocycles. The number of thioether (sulfide) groups is 1. The summed E-state index contributed by atoms with van der Waals surface area (Å²) in [6.45, 7) is 4.57. The van der Waals surface area contributed by atoms with E-state index in [1.165, 1.54) is 28.0 Å². The van der Waals surface area contributed by atoms with Crippen molar-refractivity contribution < 1.29 is 33.5 Å². The van der Waals surface area contributed by atoms with Gasteiger partial charge in [-0.3, -0.25) is 14.5 Å². The molecule has 0 bridgehead atoms. The van der Waals surface area contributed by atoms with E-state index in [4.69, 9.17) is 30.9 Å². The number of carbonyl (C=O) groups excluding carboxylic acids is 4. The van der Waals surface area contributed by atoms with Crippen molar-refractivity contribution in [3.05, 3.63) is 202 Å². The van der Waals surface area contributed by atoms with E-state index >= 15 is 0 Å². The molecule has 6 aromatic rings. The topological polar surface area (TPSA) is 149 Å². The first-order chi connectivity index (χ1) is 32.0. The highest BCUT2D eigenvalue weighted by Crippen LogP contribution is 2.43. The van der Waals surface area contributed by atoms with Crippen LogP contribution in [0.5, 0.6) is 0 Å². The molecule has 2 atom stereocenters. The summed E-state index contributed by atoms with van der Waals surface area (Å²) in [5.74, 6) is -2.46. The van der Waals surface area contributed by atoms with Crippen LogP contribution in [0, 0.1) is 0 Å². The Hall–Kier alpha value is -6.74. The summed E-state index contributed by atoms with van der Waals surface area (Å²) in [5.41, 5.74) is 3.01. The number of nitrogens with one attached hydrogen (secondary N) is 2. The number of halogens is 1. The van der Waals surface area contributed by atoms with Gasteiger partial charge in [-0.1, -0.05) is 157 Å². The molecular formula is C51H46ClN5O7S2. The summed E-state index contributed by atoms with van der Waals surface area (Å²) < 4.78 is 11.6. The van der Waals surface area contributed by atoms with Crippen molar-refractivity contribution in [2.75, 3.05) is 23.6 Å². The van der Waals surface area contributed by atoms with Crippen molar-refractivity contribution in [3.8, 4) is 0 Å². The molecule has 0 aliphatic carbocycles. The fourth-order valence-electron chi connectivity index (χ4n) is 7.84. The maximum absolute atomic E-state index is 14.4. The number of thiazole rings is 1. The highest BCUT2D eigenvalue weighted by atomic mass is 35.5. The largest absolute Gasteiger partial charge is 0.457 e. The number of anilines is 1. The number of hydrogen-bond acceptors (Lipinski definition) is 12. The molecule has 2 N–H and O–H groups in total. The molecule has 336 valence electrons. The Morgan fingerprint density at radius 3 is 1.82 bits per heavy atom. The lowest BCUT2D eigenvalue weighted by atomic mass is 9.77. The SMILES string of the molecule is CC(C)(C)OC(=O)CON=C(C(=O)NC1C(=O)N2C(C(=O)OC(c3ccccc3)c3ccccc3)=C(CCl)CS[C@H]12)c1csc(NC(c2ccccc2)(c2ccccc2)c2ccccc2)n1. The average molecular weight is 941 g/mol. The van der Waals surface area contributed by atoms with Gasteiger partial charge in [-0.05, 0) is 54.2 Å². The van der Waals surface area contributed by atoms with E-state index in [9.17, 15) is 19.2 Å². The molecule has 2 aliphatic rings. The van der Waals surface area contributed by atoms with Crippen LogP contribution in [0.1, 0.15) is 60.4 Å². The number of alkyl halides is 1. The van der Waals surface area contributed by atoms with Crippen LogP contribution in [-0.2, 0) is 39.0 Å². The van der Waals surface area contributed by atoms with Gasteiger partial charge in [-0.15, -0.1) is 34.7 Å². The van der Waals surface area contributed by atoms with Crippen molar-refractivity contribution in [2.45, 2.75) is 49.4 Å². The lowest BCUT2D eigenvalue weighted by Crippen LogP contribution is -2.71. The van der Waals surface area contributed by atoms with E-state index in [-0.39, 0.29) is 23.0 Å². The van der Waals surface area contributed by atoms with E-state index in [0.29, 0.717) is 16.5 Å². The highest BCUT2D eigenvalue weighted by molar-refractivity contribution is 8.00. The minimum atomic E-state index is -1.07. The maximum atomic E-state index is 14.4. The molecule has 2 amide bonds. The Balaban J connectivity index is 1.08. The molecule has 1 saturated heterocycles. The Bertz CT molecular complexity index is 2600. The van der Waals surface area contributed by atoms with E-state index in [1.54, 1.807) is 26.2 Å². The molecule has 1 fully saturated rings. The zero-order valence-corrected chi connectivity index (χ0v) is 38.6. The first kappa shape index (κ1) is 45.8. The number of nitrogens with zero attached hydrogens (tertiary/aromatic N) is 3. The number of hydrogen-bond donors (Lipinski definition) is 2. The van der Waals surface area contributed by atoms with Gasteiger partial charge in [-0.25, -0.2) is 14.6 Å². The zero-order valence-electron chi connectivity index (χ0n) is 36.3. The summed E-state index contributed by atoms with van der Waals surface area (Å²) in [6, 6.07) is 47.5. The molecule has 5 aromatic carbocycles. The molecule has 1 unspecified atom stereocenters. The van der Waals surface area contributed by atoms with Gasteiger partial charge in [0.1, 0.15) is 33.9 Å². The molecule has 1 aromatic heterocycles. The van der Waals surface area contributed by atoms with Crippen LogP contribution in [-0.4, -0.2) is 74.6 Å². The number of oxime groups is 1. The third-order valence-corrected chi connectivity index (χ3v) is 13.2. The van der Waals surface area contributed by atoms with Gasteiger partial charge >= 0.3 is 11.9 Å². The minimum Gasteiger partial charge on any atom is -0.457 e. The number of rotatable bonds is 16. The zero-order chi connectivity index (χ0) is 46.3. The molecule has 0 spiro atoms. The molecule has 12 nitrogen and oxygen atoms in total. The summed E-state index contributed by atoms with van der Waals surface area (Å²) in [6.07, 6.45) is -0.765. The van der Waals surface area contributed by atoms with E-state index in [0.717, 1.165) is 27.8 Å². The third kappa shape index (κ3) is 9.91. The second kappa shape index (κ2) is 20.2. The lowest BCUT2D eigenvalue weighted by Gasteiger charge is -2.49. The number of benzene rings is 5. The highest BCUT2D eigenvalue weighted by Gasteiger charge is 2.55. The van der Waals surface area contributed by atoms with E-state index in [2.05, 4.69) is 15.8 Å². The maximum Gasteiger partial charge on any atom is 0.356 e. The van der Waals surface area contributed by atoms with E-state index in [1.807, 2.05) is 152 Å². The fourth-order valence-corrected chi connectivity index (χ4v) is 10.3. The van der Waals surface area contributed by atoms with Crippen molar-refractivity contribution >= 4 is 69.3 Å². The minimum absolute atomic E-state index is 0.0155. The standard InChI is InChI=1S/C51H46ClN5O7S2/c1-50(2,3)64-40(58)30-62-56-41(39-32-66-49(53-39)55-51(36-23-13-6-14-24-36,37-25-15-7-16-26-37)38-27-17-8-18-28-38)45(59)54-42-46(60)57-43(35(29-52)31-65-47(42)57)48(61)63-44(33-19-9-4-10-20-33)34-21-11-5-12-22-34/h4-28,32,42,44,47H,29-31H2,1-3H3,(H,53,55)(H,54,59)/t42?,47-/m1/s1. The number of carbonyl (C=O) groups is 4. The number of aromatic nitrogens is 1. The van der Waals surface area contributed by atoms with Gasteiger partial charge in [-0.2, -0.15) is 0 Å². The molecular weight excluding hydrogens is 894 g/mol. The fraction of sp³-hybridized carbons (Fsp3) is 0.216. The summed E-state index contributed by atoms with van der Waals surface area (Å²) >= 11 is 8.99. The first-order valence-electron chi connectivity index (χ1n) is 21.1. The Labute approximate surface area is 396 Å². The smallest absolute Gasteiger partial charge is 0.356 e.